The third-order valence-corrected chi connectivity index (χ3v) is 6.93. The zero-order chi connectivity index (χ0) is 20.4. The largest absolute Gasteiger partial charge is 0.493 e. The Morgan fingerprint density at radius 1 is 1.24 bits per heavy atom. The average molecular weight is 402 g/mol. The number of aliphatic imine (C=N–C) groups is 1. The van der Waals surface area contributed by atoms with Crippen molar-refractivity contribution < 1.29 is 14.2 Å². The van der Waals surface area contributed by atoms with Gasteiger partial charge in [-0.1, -0.05) is 26.0 Å². The SMILES string of the molecule is CN=C(NCc1cccc(OC)c1OC1CCCC1)NC1C2CCOC2C1(C)C. The van der Waals surface area contributed by atoms with Crippen molar-refractivity contribution in [1.82, 2.24) is 10.6 Å². The number of para-hydroxylation sites is 1. The van der Waals surface area contributed by atoms with Crippen LogP contribution in [0.2, 0.25) is 0 Å². The Morgan fingerprint density at radius 2 is 2.03 bits per heavy atom. The minimum atomic E-state index is 0.117. The van der Waals surface area contributed by atoms with Crippen LogP contribution in [-0.4, -0.2) is 45.0 Å². The monoisotopic (exact) mass is 401 g/mol. The fourth-order valence-corrected chi connectivity index (χ4v) is 5.31. The van der Waals surface area contributed by atoms with Crippen LogP contribution < -0.4 is 20.1 Å². The van der Waals surface area contributed by atoms with Crippen molar-refractivity contribution >= 4 is 5.96 Å². The minimum absolute atomic E-state index is 0.117. The maximum absolute atomic E-state index is 6.36. The molecular formula is C23H35N3O3. The summed E-state index contributed by atoms with van der Waals surface area (Å²) in [5.41, 5.74) is 1.21. The highest BCUT2D eigenvalue weighted by Gasteiger charge is 2.59. The number of nitrogens with one attached hydrogen (secondary N) is 2. The fourth-order valence-electron chi connectivity index (χ4n) is 5.31. The first-order valence-electron chi connectivity index (χ1n) is 11.0. The van der Waals surface area contributed by atoms with Gasteiger partial charge in [-0.3, -0.25) is 4.99 Å². The molecule has 6 heteroatoms. The highest BCUT2D eigenvalue weighted by molar-refractivity contribution is 5.80. The van der Waals surface area contributed by atoms with Crippen molar-refractivity contribution in [3.05, 3.63) is 23.8 Å². The highest BCUT2D eigenvalue weighted by Crippen LogP contribution is 2.52. The average Bonchev–Trinajstić information content (AvgIpc) is 3.39. The number of guanidine groups is 1. The third-order valence-electron chi connectivity index (χ3n) is 6.93. The van der Waals surface area contributed by atoms with Crippen molar-refractivity contribution in [3.63, 3.8) is 0 Å². The highest BCUT2D eigenvalue weighted by atomic mass is 16.5. The zero-order valence-electron chi connectivity index (χ0n) is 18.2. The van der Waals surface area contributed by atoms with Crippen LogP contribution in [-0.2, 0) is 11.3 Å². The van der Waals surface area contributed by atoms with Gasteiger partial charge in [0.25, 0.3) is 0 Å². The lowest BCUT2D eigenvalue weighted by molar-refractivity contribution is -0.106. The Kier molecular flexibility index (Phi) is 5.91. The molecule has 0 spiro atoms. The van der Waals surface area contributed by atoms with E-state index in [1.165, 1.54) is 12.8 Å². The molecule has 2 saturated carbocycles. The van der Waals surface area contributed by atoms with Crippen LogP contribution in [0.1, 0.15) is 51.5 Å². The van der Waals surface area contributed by atoms with Crippen molar-refractivity contribution in [2.75, 3.05) is 20.8 Å². The Balaban J connectivity index is 1.42. The number of benzene rings is 1. The second-order valence-electron chi connectivity index (χ2n) is 9.09. The number of rotatable bonds is 6. The van der Waals surface area contributed by atoms with Crippen LogP contribution in [0.15, 0.2) is 23.2 Å². The van der Waals surface area contributed by atoms with Crippen LogP contribution >= 0.6 is 0 Å². The number of ether oxygens (including phenoxy) is 3. The van der Waals surface area contributed by atoms with Crippen LogP contribution in [0.4, 0.5) is 0 Å². The second kappa shape index (κ2) is 8.42. The van der Waals surface area contributed by atoms with Gasteiger partial charge in [-0.25, -0.2) is 0 Å². The van der Waals surface area contributed by atoms with E-state index in [1.54, 1.807) is 7.11 Å². The zero-order valence-corrected chi connectivity index (χ0v) is 18.2. The molecule has 2 N–H and O–H groups in total. The van der Waals surface area contributed by atoms with Crippen molar-refractivity contribution in [2.45, 2.75) is 70.7 Å². The van der Waals surface area contributed by atoms with E-state index < -0.39 is 0 Å². The van der Waals surface area contributed by atoms with E-state index in [9.17, 15) is 0 Å². The smallest absolute Gasteiger partial charge is 0.191 e. The van der Waals surface area contributed by atoms with E-state index in [1.807, 2.05) is 19.2 Å². The molecule has 3 fully saturated rings. The summed E-state index contributed by atoms with van der Waals surface area (Å²) in [6.07, 6.45) is 6.50. The van der Waals surface area contributed by atoms with E-state index in [0.717, 1.165) is 48.9 Å². The molecule has 1 aliphatic heterocycles. The summed E-state index contributed by atoms with van der Waals surface area (Å²) in [6.45, 7) is 6.06. The van der Waals surface area contributed by atoms with E-state index in [0.29, 0.717) is 24.6 Å². The van der Waals surface area contributed by atoms with Crippen molar-refractivity contribution in [1.29, 1.82) is 0 Å². The van der Waals surface area contributed by atoms with E-state index in [2.05, 4.69) is 35.5 Å². The third kappa shape index (κ3) is 3.91. The van der Waals surface area contributed by atoms with Crippen LogP contribution in [0.5, 0.6) is 11.5 Å². The fraction of sp³-hybridized carbons (Fsp3) is 0.696. The van der Waals surface area contributed by atoms with E-state index in [4.69, 9.17) is 14.2 Å². The lowest BCUT2D eigenvalue weighted by atomic mass is 9.57. The molecule has 2 aliphatic carbocycles. The van der Waals surface area contributed by atoms with Crippen molar-refractivity contribution in [2.24, 2.45) is 16.3 Å². The molecule has 1 saturated heterocycles. The molecule has 0 radical (unpaired) electrons. The molecule has 3 aliphatic rings. The molecule has 160 valence electrons. The quantitative estimate of drug-likeness (QED) is 0.564. The summed E-state index contributed by atoms with van der Waals surface area (Å²) in [4.78, 5) is 4.46. The van der Waals surface area contributed by atoms with E-state index in [-0.39, 0.29) is 11.5 Å². The van der Waals surface area contributed by atoms with Crippen molar-refractivity contribution in [3.8, 4) is 11.5 Å². The summed E-state index contributed by atoms with van der Waals surface area (Å²) in [7, 11) is 3.53. The van der Waals surface area contributed by atoms with Gasteiger partial charge in [0.1, 0.15) is 0 Å². The Bertz CT molecular complexity index is 743. The van der Waals surface area contributed by atoms with Crippen LogP contribution in [0.25, 0.3) is 0 Å². The summed E-state index contributed by atoms with van der Waals surface area (Å²) in [5.74, 6) is 3.05. The summed E-state index contributed by atoms with van der Waals surface area (Å²) < 4.78 is 17.9. The Morgan fingerprint density at radius 3 is 2.76 bits per heavy atom. The number of fused-ring (bicyclic) bond motifs is 1. The molecule has 0 bridgehead atoms. The maximum atomic E-state index is 6.36. The molecule has 3 unspecified atom stereocenters. The number of methoxy groups -OCH3 is 1. The number of hydrogen-bond acceptors (Lipinski definition) is 4. The van der Waals surface area contributed by atoms with Gasteiger partial charge < -0.3 is 24.8 Å². The van der Waals surface area contributed by atoms with Crippen LogP contribution in [0, 0.1) is 11.3 Å². The predicted molar refractivity (Wildman–Crippen MR) is 115 cm³/mol. The van der Waals surface area contributed by atoms with Gasteiger partial charge in [0, 0.05) is 43.1 Å². The first kappa shape index (κ1) is 20.3. The summed E-state index contributed by atoms with van der Waals surface area (Å²) in [6, 6.07) is 6.46. The van der Waals surface area contributed by atoms with Gasteiger partial charge in [0.15, 0.2) is 17.5 Å². The molecule has 1 aromatic rings. The predicted octanol–water partition coefficient (Wildman–Crippen LogP) is 3.50. The van der Waals surface area contributed by atoms with Gasteiger partial charge in [-0.2, -0.15) is 0 Å². The van der Waals surface area contributed by atoms with E-state index >= 15 is 0 Å². The van der Waals surface area contributed by atoms with Crippen LogP contribution in [0.3, 0.4) is 0 Å². The lowest BCUT2D eigenvalue weighted by Gasteiger charge is -2.54. The minimum Gasteiger partial charge on any atom is -0.493 e. The molecule has 0 aromatic heterocycles. The second-order valence-corrected chi connectivity index (χ2v) is 9.09. The molecule has 3 atom stereocenters. The lowest BCUT2D eigenvalue weighted by Crippen LogP contribution is -2.67. The van der Waals surface area contributed by atoms with Gasteiger partial charge >= 0.3 is 0 Å². The standard InChI is InChI=1S/C23H35N3O3/c1-23(2)20(17-12-13-28-21(17)23)26-22(24-3)25-14-15-8-7-11-18(27-4)19(15)29-16-9-5-6-10-16/h7-8,11,16-17,20-21H,5-6,9-10,12-14H2,1-4H3,(H2,24,25,26). The molecule has 4 rings (SSSR count). The molecule has 29 heavy (non-hydrogen) atoms. The van der Waals surface area contributed by atoms with Gasteiger partial charge in [-0.15, -0.1) is 0 Å². The van der Waals surface area contributed by atoms with Gasteiger partial charge in [-0.05, 0) is 38.2 Å². The molecular weight excluding hydrogens is 366 g/mol. The summed E-state index contributed by atoms with van der Waals surface area (Å²) >= 11 is 0. The Hall–Kier alpha value is -1.95. The molecule has 1 heterocycles. The maximum Gasteiger partial charge on any atom is 0.191 e. The van der Waals surface area contributed by atoms with Gasteiger partial charge in [0.2, 0.25) is 0 Å². The first-order chi connectivity index (χ1) is 14.0. The normalized spacial score (nSPS) is 28.6. The molecule has 6 nitrogen and oxygen atoms in total. The number of nitrogens with zero attached hydrogens (tertiary/aromatic N) is 1. The Labute approximate surface area is 174 Å². The topological polar surface area (TPSA) is 64.1 Å². The van der Waals surface area contributed by atoms with Gasteiger partial charge in [0.05, 0.1) is 19.3 Å². The first-order valence-corrected chi connectivity index (χ1v) is 11.0. The number of hydrogen-bond donors (Lipinski definition) is 2. The molecule has 1 aromatic carbocycles. The summed E-state index contributed by atoms with van der Waals surface area (Å²) in [5, 5.41) is 7.12. The molecule has 0 amide bonds.